The van der Waals surface area contributed by atoms with Crippen LogP contribution < -0.4 is 5.32 Å². The minimum absolute atomic E-state index is 0.0203. The summed E-state index contributed by atoms with van der Waals surface area (Å²) in [6, 6.07) is 8.58. The number of esters is 1. The van der Waals surface area contributed by atoms with Crippen LogP contribution in [-0.2, 0) is 25.1 Å². The number of nitrogens with one attached hydrogen (secondary N) is 1. The summed E-state index contributed by atoms with van der Waals surface area (Å²) in [5.74, 6) is -3.83. The molecule has 2 rings (SSSR count). The molecular formula is C18H17F2NO5S. The number of hydrogen-bond donors (Lipinski definition) is 1. The summed E-state index contributed by atoms with van der Waals surface area (Å²) in [7, 11) is -3.20. The van der Waals surface area contributed by atoms with Gasteiger partial charge in [-0.25, -0.2) is 22.0 Å². The van der Waals surface area contributed by atoms with E-state index in [-0.39, 0.29) is 17.0 Å². The van der Waals surface area contributed by atoms with Gasteiger partial charge in [0, 0.05) is 18.0 Å². The quantitative estimate of drug-likeness (QED) is 0.757. The van der Waals surface area contributed by atoms with Gasteiger partial charge >= 0.3 is 5.97 Å². The van der Waals surface area contributed by atoms with E-state index >= 15 is 0 Å². The lowest BCUT2D eigenvalue weighted by molar-refractivity contribution is -0.123. The van der Waals surface area contributed by atoms with Crippen LogP contribution in [0.2, 0.25) is 0 Å². The van der Waals surface area contributed by atoms with Crippen molar-refractivity contribution in [3.05, 3.63) is 65.2 Å². The standard InChI is InChI=1S/C18H17F2NO5S/c1-11(17(22)21-14-7-8-15(19)16(20)9-14)26-18(23)13-5-3-12(4-6-13)10-27(2,24)25/h3-9,11H,10H2,1-2H3,(H,21,22)/t11-/m1/s1. The van der Waals surface area contributed by atoms with E-state index in [1.807, 2.05) is 0 Å². The Morgan fingerprint density at radius 2 is 1.70 bits per heavy atom. The van der Waals surface area contributed by atoms with Gasteiger partial charge in [-0.3, -0.25) is 4.79 Å². The minimum atomic E-state index is -3.20. The molecule has 0 saturated carbocycles. The number of benzene rings is 2. The average molecular weight is 397 g/mol. The first-order chi connectivity index (χ1) is 12.5. The zero-order valence-electron chi connectivity index (χ0n) is 14.5. The molecule has 0 aliphatic heterocycles. The fourth-order valence-corrected chi connectivity index (χ4v) is 2.94. The van der Waals surface area contributed by atoms with E-state index in [0.717, 1.165) is 18.4 Å². The van der Waals surface area contributed by atoms with E-state index in [1.165, 1.54) is 37.3 Å². The first-order valence-corrected chi connectivity index (χ1v) is 9.85. The molecule has 0 radical (unpaired) electrons. The molecule has 1 amide bonds. The molecular weight excluding hydrogens is 380 g/mol. The highest BCUT2D eigenvalue weighted by atomic mass is 32.2. The fraction of sp³-hybridized carbons (Fsp3) is 0.222. The fourth-order valence-electron chi connectivity index (χ4n) is 2.14. The Labute approximate surface area is 155 Å². The summed E-state index contributed by atoms with van der Waals surface area (Å²) in [6.07, 6.45) is -0.0936. The summed E-state index contributed by atoms with van der Waals surface area (Å²) in [5.41, 5.74) is 0.671. The second kappa shape index (κ2) is 8.26. The van der Waals surface area contributed by atoms with Crippen LogP contribution >= 0.6 is 0 Å². The molecule has 27 heavy (non-hydrogen) atoms. The molecule has 0 fully saturated rings. The highest BCUT2D eigenvalue weighted by molar-refractivity contribution is 7.89. The third kappa shape index (κ3) is 6.14. The van der Waals surface area contributed by atoms with Crippen LogP contribution in [0.5, 0.6) is 0 Å². The molecule has 0 unspecified atom stereocenters. The Balaban J connectivity index is 1.97. The molecule has 0 spiro atoms. The zero-order chi connectivity index (χ0) is 20.2. The third-order valence-electron chi connectivity index (χ3n) is 3.46. The van der Waals surface area contributed by atoms with Gasteiger partial charge in [-0.1, -0.05) is 12.1 Å². The van der Waals surface area contributed by atoms with Crippen molar-refractivity contribution < 1.29 is 31.5 Å². The van der Waals surface area contributed by atoms with E-state index in [4.69, 9.17) is 4.74 Å². The predicted octanol–water partition coefficient (Wildman–Crippen LogP) is 2.69. The van der Waals surface area contributed by atoms with E-state index in [1.54, 1.807) is 0 Å². The SMILES string of the molecule is C[C@@H](OC(=O)c1ccc(CS(C)(=O)=O)cc1)C(=O)Nc1ccc(F)c(F)c1. The number of rotatable bonds is 6. The zero-order valence-corrected chi connectivity index (χ0v) is 15.3. The van der Waals surface area contributed by atoms with E-state index in [2.05, 4.69) is 5.32 Å². The van der Waals surface area contributed by atoms with Crippen molar-refractivity contribution in [2.45, 2.75) is 18.8 Å². The summed E-state index contributed by atoms with van der Waals surface area (Å²) < 4.78 is 53.6. The maximum absolute atomic E-state index is 13.1. The number of anilines is 1. The lowest BCUT2D eigenvalue weighted by Gasteiger charge is -2.14. The largest absolute Gasteiger partial charge is 0.449 e. The van der Waals surface area contributed by atoms with Crippen LogP contribution in [0.15, 0.2) is 42.5 Å². The predicted molar refractivity (Wildman–Crippen MR) is 94.9 cm³/mol. The lowest BCUT2D eigenvalue weighted by atomic mass is 10.1. The number of carbonyl (C=O) groups is 2. The van der Waals surface area contributed by atoms with Gasteiger partial charge in [0.1, 0.15) is 0 Å². The highest BCUT2D eigenvalue weighted by Gasteiger charge is 2.19. The monoisotopic (exact) mass is 397 g/mol. The van der Waals surface area contributed by atoms with Gasteiger partial charge in [-0.2, -0.15) is 0 Å². The van der Waals surface area contributed by atoms with Crippen molar-refractivity contribution in [3.8, 4) is 0 Å². The molecule has 0 bridgehead atoms. The Kier molecular flexibility index (Phi) is 6.27. The molecule has 1 atom stereocenters. The van der Waals surface area contributed by atoms with Crippen LogP contribution in [0.4, 0.5) is 14.5 Å². The molecule has 9 heteroatoms. The van der Waals surface area contributed by atoms with Gasteiger partial charge in [0.25, 0.3) is 5.91 Å². The minimum Gasteiger partial charge on any atom is -0.449 e. The van der Waals surface area contributed by atoms with Crippen LogP contribution in [0.1, 0.15) is 22.8 Å². The molecule has 144 valence electrons. The Bertz CT molecular complexity index is 958. The molecule has 0 aliphatic rings. The summed E-state index contributed by atoms with van der Waals surface area (Å²) in [4.78, 5) is 24.1. The molecule has 2 aromatic rings. The maximum Gasteiger partial charge on any atom is 0.338 e. The molecule has 6 nitrogen and oxygen atoms in total. The van der Waals surface area contributed by atoms with Gasteiger partial charge in [0.15, 0.2) is 27.6 Å². The first-order valence-electron chi connectivity index (χ1n) is 7.79. The molecule has 0 saturated heterocycles. The van der Waals surface area contributed by atoms with Crippen molar-refractivity contribution >= 4 is 27.4 Å². The number of sulfone groups is 1. The first kappa shape index (κ1) is 20.5. The van der Waals surface area contributed by atoms with Crippen molar-refractivity contribution in [2.75, 3.05) is 11.6 Å². The van der Waals surface area contributed by atoms with Crippen molar-refractivity contribution in [3.63, 3.8) is 0 Å². The topological polar surface area (TPSA) is 89.5 Å². The van der Waals surface area contributed by atoms with E-state index in [0.29, 0.717) is 5.56 Å². The molecule has 2 aromatic carbocycles. The number of amides is 1. The lowest BCUT2D eigenvalue weighted by Crippen LogP contribution is -2.30. The number of ether oxygens (including phenoxy) is 1. The smallest absolute Gasteiger partial charge is 0.338 e. The molecule has 0 heterocycles. The Morgan fingerprint density at radius 1 is 1.07 bits per heavy atom. The van der Waals surface area contributed by atoms with Crippen molar-refractivity contribution in [2.24, 2.45) is 0 Å². The summed E-state index contributed by atoms with van der Waals surface area (Å²) in [5, 5.41) is 2.31. The van der Waals surface area contributed by atoms with Crippen LogP contribution in [0, 0.1) is 11.6 Å². The van der Waals surface area contributed by atoms with Gasteiger partial charge in [-0.05, 0) is 36.8 Å². The van der Waals surface area contributed by atoms with Gasteiger partial charge in [0.2, 0.25) is 0 Å². The molecule has 1 N–H and O–H groups in total. The third-order valence-corrected chi connectivity index (χ3v) is 4.32. The average Bonchev–Trinajstić information content (AvgIpc) is 2.57. The van der Waals surface area contributed by atoms with Crippen molar-refractivity contribution in [1.82, 2.24) is 0 Å². The van der Waals surface area contributed by atoms with Crippen molar-refractivity contribution in [1.29, 1.82) is 0 Å². The normalized spacial score (nSPS) is 12.3. The van der Waals surface area contributed by atoms with Gasteiger partial charge in [0.05, 0.1) is 11.3 Å². The van der Waals surface area contributed by atoms with E-state index in [9.17, 15) is 26.8 Å². The Morgan fingerprint density at radius 3 is 2.26 bits per heavy atom. The van der Waals surface area contributed by atoms with Crippen LogP contribution in [0.25, 0.3) is 0 Å². The molecule has 0 aromatic heterocycles. The van der Waals surface area contributed by atoms with Gasteiger partial charge < -0.3 is 10.1 Å². The Hall–Kier alpha value is -2.81. The number of carbonyl (C=O) groups excluding carboxylic acids is 2. The maximum atomic E-state index is 13.1. The number of hydrogen-bond acceptors (Lipinski definition) is 5. The summed E-state index contributed by atoms with van der Waals surface area (Å²) >= 11 is 0. The van der Waals surface area contributed by atoms with Crippen LogP contribution in [0.3, 0.4) is 0 Å². The molecule has 0 aliphatic carbocycles. The van der Waals surface area contributed by atoms with E-state index < -0.39 is 39.5 Å². The summed E-state index contributed by atoms with van der Waals surface area (Å²) in [6.45, 7) is 1.32. The second-order valence-electron chi connectivity index (χ2n) is 5.93. The van der Waals surface area contributed by atoms with Gasteiger partial charge in [-0.15, -0.1) is 0 Å². The number of halogens is 2. The van der Waals surface area contributed by atoms with Crippen LogP contribution in [-0.4, -0.2) is 32.7 Å². The second-order valence-corrected chi connectivity index (χ2v) is 8.07. The highest BCUT2D eigenvalue weighted by Crippen LogP contribution is 2.14.